The molecule has 2 amide bonds. The van der Waals surface area contributed by atoms with Crippen molar-refractivity contribution >= 4 is 29.1 Å². The molecule has 31 heavy (non-hydrogen) atoms. The average Bonchev–Trinajstić information content (AvgIpc) is 3.03. The van der Waals surface area contributed by atoms with Gasteiger partial charge < -0.3 is 14.5 Å². The van der Waals surface area contributed by atoms with Crippen LogP contribution in [0.15, 0.2) is 6.07 Å². The van der Waals surface area contributed by atoms with Gasteiger partial charge in [0, 0.05) is 37.0 Å². The van der Waals surface area contributed by atoms with Gasteiger partial charge in [0.15, 0.2) is 0 Å². The number of piperidine rings is 1. The van der Waals surface area contributed by atoms with E-state index < -0.39 is 0 Å². The Morgan fingerprint density at radius 2 is 1.68 bits per heavy atom. The summed E-state index contributed by atoms with van der Waals surface area (Å²) in [7, 11) is 0. The van der Waals surface area contributed by atoms with Crippen LogP contribution in [0.25, 0.3) is 0 Å². The average molecular weight is 447 g/mol. The van der Waals surface area contributed by atoms with Gasteiger partial charge in [0.2, 0.25) is 5.91 Å². The van der Waals surface area contributed by atoms with Gasteiger partial charge in [-0.05, 0) is 63.5 Å². The summed E-state index contributed by atoms with van der Waals surface area (Å²) < 4.78 is 5.13. The van der Waals surface area contributed by atoms with Gasteiger partial charge in [0.25, 0.3) is 5.91 Å². The lowest BCUT2D eigenvalue weighted by atomic mass is 9.86. The normalized spacial score (nSPS) is 22.5. The van der Waals surface area contributed by atoms with E-state index in [2.05, 4.69) is 6.07 Å². The van der Waals surface area contributed by atoms with Crippen molar-refractivity contribution in [2.45, 2.75) is 64.7 Å². The molecule has 6 nitrogen and oxygen atoms in total. The molecule has 2 fully saturated rings. The number of amides is 2. The van der Waals surface area contributed by atoms with Gasteiger partial charge in [0.05, 0.1) is 17.4 Å². The number of aryl methyl sites for hydroxylation is 1. The van der Waals surface area contributed by atoms with Crippen LogP contribution in [-0.2, 0) is 27.2 Å². The van der Waals surface area contributed by atoms with Crippen LogP contribution in [0.5, 0.6) is 0 Å². The Kier molecular flexibility index (Phi) is 7.31. The molecule has 1 aromatic rings. The standard InChI is InChI=1S/C24H34N2O4S/c1-2-30-24(29)17-9-13-26(14-10-17)22(27)18-7-8-20-19(15-18)16-21(31-20)23(28)25-11-5-3-4-6-12-25/h16-18H,2-15H2,1H3/t18-/m0/s1. The molecule has 3 heterocycles. The Morgan fingerprint density at radius 1 is 0.968 bits per heavy atom. The second-order valence-corrected chi connectivity index (χ2v) is 10.2. The number of ether oxygens (including phenoxy) is 1. The molecule has 0 saturated carbocycles. The molecule has 0 radical (unpaired) electrons. The molecule has 0 bridgehead atoms. The maximum atomic E-state index is 13.1. The second-order valence-electron chi connectivity index (χ2n) is 9.06. The van der Waals surface area contributed by atoms with E-state index in [-0.39, 0.29) is 29.6 Å². The van der Waals surface area contributed by atoms with Gasteiger partial charge >= 0.3 is 5.97 Å². The zero-order chi connectivity index (χ0) is 21.8. The van der Waals surface area contributed by atoms with Crippen LogP contribution in [0.4, 0.5) is 0 Å². The molecule has 4 rings (SSSR count). The van der Waals surface area contributed by atoms with E-state index in [1.807, 2.05) is 16.7 Å². The highest BCUT2D eigenvalue weighted by molar-refractivity contribution is 7.14. The van der Waals surface area contributed by atoms with Crippen molar-refractivity contribution in [3.63, 3.8) is 0 Å². The fourth-order valence-electron chi connectivity index (χ4n) is 5.12. The number of fused-ring (bicyclic) bond motifs is 1. The summed E-state index contributed by atoms with van der Waals surface area (Å²) in [5, 5.41) is 0. The number of nitrogens with zero attached hydrogens (tertiary/aromatic N) is 2. The summed E-state index contributed by atoms with van der Waals surface area (Å²) >= 11 is 1.63. The third kappa shape index (κ3) is 5.13. The number of esters is 1. The van der Waals surface area contributed by atoms with Crippen molar-refractivity contribution in [2.24, 2.45) is 11.8 Å². The fourth-order valence-corrected chi connectivity index (χ4v) is 6.30. The Bertz CT molecular complexity index is 805. The van der Waals surface area contributed by atoms with Crippen LogP contribution in [0.1, 0.15) is 72.0 Å². The predicted octanol–water partition coefficient (Wildman–Crippen LogP) is 3.67. The largest absolute Gasteiger partial charge is 0.466 e. The van der Waals surface area contributed by atoms with Crippen LogP contribution < -0.4 is 0 Å². The van der Waals surface area contributed by atoms with Gasteiger partial charge in [-0.2, -0.15) is 0 Å². The minimum absolute atomic E-state index is 0.0117. The van der Waals surface area contributed by atoms with Gasteiger partial charge in [-0.3, -0.25) is 14.4 Å². The summed E-state index contributed by atoms with van der Waals surface area (Å²) in [4.78, 5) is 44.1. The van der Waals surface area contributed by atoms with Gasteiger partial charge in [-0.25, -0.2) is 0 Å². The molecular formula is C24H34N2O4S. The Morgan fingerprint density at radius 3 is 2.35 bits per heavy atom. The zero-order valence-electron chi connectivity index (χ0n) is 18.6. The number of hydrogen-bond donors (Lipinski definition) is 0. The summed E-state index contributed by atoms with van der Waals surface area (Å²) in [6.45, 7) is 5.23. The van der Waals surface area contributed by atoms with Crippen molar-refractivity contribution in [2.75, 3.05) is 32.8 Å². The first kappa shape index (κ1) is 22.3. The lowest BCUT2D eigenvalue weighted by molar-refractivity contribution is -0.151. The van der Waals surface area contributed by atoms with Crippen LogP contribution in [0, 0.1) is 11.8 Å². The number of rotatable bonds is 4. The molecule has 0 aromatic carbocycles. The SMILES string of the molecule is CCOC(=O)C1CCN(C(=O)[C@H]2CCc3sc(C(=O)N4CCCCCC4)cc3C2)CC1. The summed E-state index contributed by atoms with van der Waals surface area (Å²) in [6, 6.07) is 2.06. The van der Waals surface area contributed by atoms with Gasteiger partial charge in [-0.15, -0.1) is 11.3 Å². The predicted molar refractivity (Wildman–Crippen MR) is 120 cm³/mol. The quantitative estimate of drug-likeness (QED) is 0.662. The highest BCUT2D eigenvalue weighted by Crippen LogP contribution is 2.34. The first-order valence-electron chi connectivity index (χ1n) is 11.9. The molecule has 2 aliphatic heterocycles. The van der Waals surface area contributed by atoms with Crippen LogP contribution in [0.2, 0.25) is 0 Å². The lowest BCUT2D eigenvalue weighted by Gasteiger charge is -2.34. The maximum absolute atomic E-state index is 13.1. The molecule has 1 atom stereocenters. The molecule has 0 unspecified atom stereocenters. The summed E-state index contributed by atoms with van der Waals surface area (Å²) in [6.07, 6.45) is 8.46. The second kappa shape index (κ2) is 10.2. The van der Waals surface area contributed by atoms with Gasteiger partial charge in [-0.1, -0.05) is 12.8 Å². The smallest absolute Gasteiger partial charge is 0.309 e. The van der Waals surface area contributed by atoms with Crippen molar-refractivity contribution in [3.05, 3.63) is 21.4 Å². The van der Waals surface area contributed by atoms with E-state index in [0.29, 0.717) is 32.5 Å². The van der Waals surface area contributed by atoms with E-state index in [4.69, 9.17) is 4.74 Å². The number of likely N-dealkylation sites (tertiary alicyclic amines) is 2. The highest BCUT2D eigenvalue weighted by atomic mass is 32.1. The molecule has 1 aromatic heterocycles. The number of thiophene rings is 1. The fraction of sp³-hybridized carbons (Fsp3) is 0.708. The molecule has 0 N–H and O–H groups in total. The van der Waals surface area contributed by atoms with Gasteiger partial charge in [0.1, 0.15) is 0 Å². The number of carbonyl (C=O) groups is 3. The third-order valence-corrected chi connectivity index (χ3v) is 8.19. The molecule has 170 valence electrons. The zero-order valence-corrected chi connectivity index (χ0v) is 19.4. The van der Waals surface area contributed by atoms with Crippen LogP contribution in [0.3, 0.4) is 0 Å². The van der Waals surface area contributed by atoms with Crippen molar-refractivity contribution < 1.29 is 19.1 Å². The van der Waals surface area contributed by atoms with E-state index >= 15 is 0 Å². The number of hydrogen-bond acceptors (Lipinski definition) is 5. The topological polar surface area (TPSA) is 66.9 Å². The highest BCUT2D eigenvalue weighted by Gasteiger charge is 2.34. The Labute approximate surface area is 188 Å². The van der Waals surface area contributed by atoms with Crippen LogP contribution in [-0.4, -0.2) is 60.4 Å². The summed E-state index contributed by atoms with van der Waals surface area (Å²) in [5.41, 5.74) is 1.19. The minimum atomic E-state index is -0.128. The van der Waals surface area contributed by atoms with E-state index in [1.54, 1.807) is 11.3 Å². The number of carbonyl (C=O) groups excluding carboxylic acids is 3. The molecule has 0 spiro atoms. The minimum Gasteiger partial charge on any atom is -0.466 e. The third-order valence-electron chi connectivity index (χ3n) is 6.96. The Hall–Kier alpha value is -1.89. The monoisotopic (exact) mass is 446 g/mol. The summed E-state index contributed by atoms with van der Waals surface area (Å²) in [5.74, 6) is 0.162. The van der Waals surface area contributed by atoms with E-state index in [9.17, 15) is 14.4 Å². The van der Waals surface area contributed by atoms with Crippen molar-refractivity contribution in [1.82, 2.24) is 9.80 Å². The molecule has 2 saturated heterocycles. The molecular weight excluding hydrogens is 412 g/mol. The first-order chi connectivity index (χ1) is 15.1. The molecule has 3 aliphatic rings. The first-order valence-corrected chi connectivity index (χ1v) is 12.7. The van der Waals surface area contributed by atoms with E-state index in [0.717, 1.165) is 50.1 Å². The van der Waals surface area contributed by atoms with E-state index in [1.165, 1.54) is 23.3 Å². The lowest BCUT2D eigenvalue weighted by Crippen LogP contribution is -2.44. The molecule has 1 aliphatic carbocycles. The van der Waals surface area contributed by atoms with Crippen molar-refractivity contribution in [3.8, 4) is 0 Å². The molecule has 7 heteroatoms. The van der Waals surface area contributed by atoms with Crippen LogP contribution >= 0.6 is 11.3 Å². The Balaban J connectivity index is 1.34. The maximum Gasteiger partial charge on any atom is 0.309 e. The van der Waals surface area contributed by atoms with Crippen molar-refractivity contribution in [1.29, 1.82) is 0 Å².